The number of nitrogens with one attached hydrogen (secondary N) is 1. The molecule has 0 aliphatic carbocycles. The minimum Gasteiger partial charge on any atom is -0.271 e. The third-order valence-corrected chi connectivity index (χ3v) is 1.80. The summed E-state index contributed by atoms with van der Waals surface area (Å²) in [6.07, 6.45) is 0. The maximum absolute atomic E-state index is 5.23. The zero-order chi connectivity index (χ0) is 8.27. The van der Waals surface area contributed by atoms with Crippen LogP contribution < -0.4 is 11.3 Å². The number of nitrogens with two attached hydrogens (primary N) is 1. The van der Waals surface area contributed by atoms with Gasteiger partial charge in [0.2, 0.25) is 0 Å². The Labute approximate surface area is 67.4 Å². The molecule has 0 spiro atoms. The molecule has 2 heteroatoms. The van der Waals surface area contributed by atoms with Gasteiger partial charge in [0.15, 0.2) is 0 Å². The van der Waals surface area contributed by atoms with Gasteiger partial charge in [-0.15, -0.1) is 0 Å². The lowest BCUT2D eigenvalue weighted by Crippen LogP contribution is -2.21. The lowest BCUT2D eigenvalue weighted by molar-refractivity contribution is 0.737. The van der Waals surface area contributed by atoms with E-state index in [1.54, 1.807) is 0 Å². The van der Waals surface area contributed by atoms with E-state index in [2.05, 4.69) is 37.5 Å². The van der Waals surface area contributed by atoms with Gasteiger partial charge < -0.3 is 0 Å². The fourth-order valence-electron chi connectivity index (χ4n) is 1.10. The Morgan fingerprint density at radius 2 is 2.09 bits per heavy atom. The van der Waals surface area contributed by atoms with Crippen molar-refractivity contribution in [2.75, 3.05) is 0 Å². The maximum Gasteiger partial charge on any atom is 0.0351 e. The largest absolute Gasteiger partial charge is 0.271 e. The van der Waals surface area contributed by atoms with Crippen molar-refractivity contribution < 1.29 is 0 Å². The molecule has 0 aliphatic heterocycles. The molecule has 0 unspecified atom stereocenters. The second-order valence-corrected chi connectivity index (χ2v) is 2.81. The molecule has 0 saturated heterocycles. The van der Waals surface area contributed by atoms with Crippen LogP contribution >= 0.6 is 0 Å². The summed E-state index contributed by atoms with van der Waals surface area (Å²) < 4.78 is 0. The summed E-state index contributed by atoms with van der Waals surface area (Å²) in [5.74, 6) is 5.23. The molecule has 2 nitrogen and oxygen atoms in total. The summed E-state index contributed by atoms with van der Waals surface area (Å²) in [6.45, 7) is 4.92. The van der Waals surface area contributed by atoms with Crippen molar-refractivity contribution in [3.05, 3.63) is 34.9 Å². The molecule has 0 aromatic heterocycles. The molecule has 3 N–H and O–H groups in total. The molecule has 1 rings (SSSR count). The van der Waals surface area contributed by atoms with Gasteiger partial charge in [-0.1, -0.05) is 23.8 Å². The van der Waals surface area contributed by atoms with E-state index in [9.17, 15) is 0 Å². The normalized spacial score (nSPS) is 10.1. The van der Waals surface area contributed by atoms with Gasteiger partial charge >= 0.3 is 0 Å². The lowest BCUT2D eigenvalue weighted by atomic mass is 10.1. The van der Waals surface area contributed by atoms with E-state index in [0.717, 1.165) is 6.54 Å². The fraction of sp³-hybridized carbons (Fsp3) is 0.333. The zero-order valence-electron chi connectivity index (χ0n) is 7.02. The summed E-state index contributed by atoms with van der Waals surface area (Å²) in [4.78, 5) is 0. The molecule has 0 aliphatic rings. The highest BCUT2D eigenvalue weighted by Crippen LogP contribution is 2.09. The van der Waals surface area contributed by atoms with Crippen molar-refractivity contribution in [1.82, 2.24) is 5.43 Å². The highest BCUT2D eigenvalue weighted by molar-refractivity contribution is 5.30. The van der Waals surface area contributed by atoms with E-state index in [1.165, 1.54) is 16.7 Å². The van der Waals surface area contributed by atoms with E-state index < -0.39 is 0 Å². The van der Waals surface area contributed by atoms with Crippen molar-refractivity contribution >= 4 is 0 Å². The number of hydrazine groups is 1. The van der Waals surface area contributed by atoms with Crippen LogP contribution in [0.5, 0.6) is 0 Å². The Bertz CT molecular complexity index is 243. The van der Waals surface area contributed by atoms with E-state index in [4.69, 9.17) is 5.84 Å². The van der Waals surface area contributed by atoms with Crippen LogP contribution in [0.3, 0.4) is 0 Å². The summed E-state index contributed by atoms with van der Waals surface area (Å²) >= 11 is 0. The van der Waals surface area contributed by atoms with Crippen LogP contribution in [-0.4, -0.2) is 0 Å². The Hall–Kier alpha value is -0.860. The first-order valence-corrected chi connectivity index (χ1v) is 3.73. The molecule has 0 radical (unpaired) electrons. The Balaban J connectivity index is 2.93. The third-order valence-electron chi connectivity index (χ3n) is 1.80. The standard InChI is InChI=1S/C9H14N2/c1-7-3-4-8(2)9(5-7)6-11-10/h3-5,11H,6,10H2,1-2H3. The van der Waals surface area contributed by atoms with Crippen LogP contribution in [0.4, 0.5) is 0 Å². The summed E-state index contributed by atoms with van der Waals surface area (Å²) in [5, 5.41) is 0. The Morgan fingerprint density at radius 3 is 2.73 bits per heavy atom. The fourth-order valence-corrected chi connectivity index (χ4v) is 1.10. The molecule has 60 valence electrons. The molecule has 0 heterocycles. The second-order valence-electron chi connectivity index (χ2n) is 2.81. The number of benzene rings is 1. The van der Waals surface area contributed by atoms with Crippen LogP contribution in [0.25, 0.3) is 0 Å². The summed E-state index contributed by atoms with van der Waals surface area (Å²) in [7, 11) is 0. The molecule has 11 heavy (non-hydrogen) atoms. The minimum absolute atomic E-state index is 0.744. The first-order valence-electron chi connectivity index (χ1n) is 3.73. The van der Waals surface area contributed by atoms with Gasteiger partial charge in [0.25, 0.3) is 0 Å². The van der Waals surface area contributed by atoms with Gasteiger partial charge in [-0.05, 0) is 25.0 Å². The molecular formula is C9H14N2. The monoisotopic (exact) mass is 150 g/mol. The average Bonchev–Trinajstić information content (AvgIpc) is 1.98. The quantitative estimate of drug-likeness (QED) is 0.492. The van der Waals surface area contributed by atoms with Crippen LogP contribution in [0.2, 0.25) is 0 Å². The van der Waals surface area contributed by atoms with E-state index in [-0.39, 0.29) is 0 Å². The van der Waals surface area contributed by atoms with Gasteiger partial charge in [-0.3, -0.25) is 11.3 Å². The van der Waals surface area contributed by atoms with Crippen LogP contribution in [-0.2, 0) is 6.54 Å². The van der Waals surface area contributed by atoms with Gasteiger partial charge in [-0.25, -0.2) is 0 Å². The van der Waals surface area contributed by atoms with Gasteiger partial charge in [0, 0.05) is 6.54 Å². The predicted octanol–water partition coefficient (Wildman–Crippen LogP) is 1.27. The van der Waals surface area contributed by atoms with E-state index in [0.29, 0.717) is 0 Å². The zero-order valence-corrected chi connectivity index (χ0v) is 7.02. The molecule has 0 saturated carbocycles. The highest BCUT2D eigenvalue weighted by atomic mass is 15.2. The minimum atomic E-state index is 0.744. The number of hydrogen-bond acceptors (Lipinski definition) is 2. The third kappa shape index (κ3) is 2.03. The van der Waals surface area contributed by atoms with Crippen molar-refractivity contribution in [2.24, 2.45) is 5.84 Å². The first kappa shape index (κ1) is 8.24. The maximum atomic E-state index is 5.23. The van der Waals surface area contributed by atoms with Crippen LogP contribution in [0.1, 0.15) is 16.7 Å². The SMILES string of the molecule is Cc1ccc(C)c(CNN)c1. The number of hydrogen-bond donors (Lipinski definition) is 2. The van der Waals surface area contributed by atoms with Gasteiger partial charge in [0.05, 0.1) is 0 Å². The van der Waals surface area contributed by atoms with Gasteiger partial charge in [-0.2, -0.15) is 0 Å². The first-order chi connectivity index (χ1) is 5.24. The molecule has 0 bridgehead atoms. The van der Waals surface area contributed by atoms with Crippen molar-refractivity contribution in [2.45, 2.75) is 20.4 Å². The lowest BCUT2D eigenvalue weighted by Gasteiger charge is -2.05. The molecule has 1 aromatic rings. The van der Waals surface area contributed by atoms with Gasteiger partial charge in [0.1, 0.15) is 0 Å². The Morgan fingerprint density at radius 1 is 1.36 bits per heavy atom. The number of aryl methyl sites for hydroxylation is 2. The van der Waals surface area contributed by atoms with Crippen molar-refractivity contribution in [3.8, 4) is 0 Å². The highest BCUT2D eigenvalue weighted by Gasteiger charge is 1.95. The van der Waals surface area contributed by atoms with E-state index in [1.807, 2.05) is 0 Å². The average molecular weight is 150 g/mol. The van der Waals surface area contributed by atoms with Crippen LogP contribution in [0, 0.1) is 13.8 Å². The molecule has 0 fully saturated rings. The topological polar surface area (TPSA) is 38.0 Å². The molecule has 0 atom stereocenters. The molecule has 0 amide bonds. The Kier molecular flexibility index (Phi) is 2.63. The van der Waals surface area contributed by atoms with Crippen molar-refractivity contribution in [1.29, 1.82) is 0 Å². The molecule has 1 aromatic carbocycles. The second kappa shape index (κ2) is 3.51. The molecular weight excluding hydrogens is 136 g/mol. The summed E-state index contributed by atoms with van der Waals surface area (Å²) in [6, 6.07) is 6.37. The predicted molar refractivity (Wildman–Crippen MR) is 46.9 cm³/mol. The smallest absolute Gasteiger partial charge is 0.0351 e. The number of rotatable bonds is 2. The summed E-state index contributed by atoms with van der Waals surface area (Å²) in [5.41, 5.74) is 6.49. The van der Waals surface area contributed by atoms with Crippen LogP contribution in [0.15, 0.2) is 18.2 Å². The van der Waals surface area contributed by atoms with Crippen molar-refractivity contribution in [3.63, 3.8) is 0 Å². The van der Waals surface area contributed by atoms with E-state index >= 15 is 0 Å².